The maximum Gasteiger partial charge on any atom is 0.408 e. The normalized spacial score (nSPS) is 14.7. The van der Waals surface area contributed by atoms with Crippen molar-refractivity contribution in [2.45, 2.75) is 52.2 Å². The molecule has 0 saturated carbocycles. The zero-order chi connectivity index (χ0) is 21.3. The third kappa shape index (κ3) is 9.43. The molecular formula is C21H31N3O5. The number of nitrogens with one attached hydrogen (secondary N) is 3. The topological polar surface area (TPSA) is 106 Å². The molecule has 8 nitrogen and oxygen atoms in total. The van der Waals surface area contributed by atoms with Crippen LogP contribution in [0.25, 0.3) is 0 Å². The molecule has 3 amide bonds. The predicted octanol–water partition coefficient (Wildman–Crippen LogP) is 2.58. The summed E-state index contributed by atoms with van der Waals surface area (Å²) in [6.07, 6.45) is 1.68. The SMILES string of the molecule is CC(C)(C)OC(=O)NCC(=O)NCc1cccc(NC(=O)CC2CCOCC2)c1. The van der Waals surface area contributed by atoms with Gasteiger partial charge in [0.2, 0.25) is 11.8 Å². The van der Waals surface area contributed by atoms with Crippen molar-refractivity contribution in [2.75, 3.05) is 25.1 Å². The summed E-state index contributed by atoms with van der Waals surface area (Å²) in [7, 11) is 0. The lowest BCUT2D eigenvalue weighted by molar-refractivity contribution is -0.120. The summed E-state index contributed by atoms with van der Waals surface area (Å²) < 4.78 is 10.4. The Labute approximate surface area is 171 Å². The third-order valence-electron chi connectivity index (χ3n) is 4.31. The Kier molecular flexibility index (Phi) is 8.45. The minimum Gasteiger partial charge on any atom is -0.444 e. The number of anilines is 1. The number of benzene rings is 1. The van der Waals surface area contributed by atoms with Crippen LogP contribution in [0.15, 0.2) is 24.3 Å². The van der Waals surface area contributed by atoms with Crippen molar-refractivity contribution in [3.05, 3.63) is 29.8 Å². The van der Waals surface area contributed by atoms with E-state index in [1.807, 2.05) is 24.3 Å². The fourth-order valence-electron chi connectivity index (χ4n) is 2.91. The van der Waals surface area contributed by atoms with E-state index in [1.165, 1.54) is 0 Å². The first-order chi connectivity index (χ1) is 13.7. The fourth-order valence-corrected chi connectivity index (χ4v) is 2.91. The van der Waals surface area contributed by atoms with Crippen LogP contribution < -0.4 is 16.0 Å². The second kappa shape index (κ2) is 10.8. The summed E-state index contributed by atoms with van der Waals surface area (Å²) in [4.78, 5) is 35.7. The summed E-state index contributed by atoms with van der Waals surface area (Å²) in [6, 6.07) is 7.32. The van der Waals surface area contributed by atoms with Crippen LogP contribution in [0, 0.1) is 5.92 Å². The first kappa shape index (κ1) is 22.7. The molecule has 1 aromatic rings. The third-order valence-corrected chi connectivity index (χ3v) is 4.31. The number of alkyl carbamates (subject to hydrolysis) is 1. The Morgan fingerprint density at radius 2 is 1.83 bits per heavy atom. The van der Waals surface area contributed by atoms with Crippen molar-refractivity contribution in [3.8, 4) is 0 Å². The zero-order valence-corrected chi connectivity index (χ0v) is 17.4. The zero-order valence-electron chi connectivity index (χ0n) is 17.4. The van der Waals surface area contributed by atoms with E-state index in [2.05, 4.69) is 16.0 Å². The van der Waals surface area contributed by atoms with Gasteiger partial charge in [-0.15, -0.1) is 0 Å². The lowest BCUT2D eigenvalue weighted by Crippen LogP contribution is -2.39. The molecule has 0 radical (unpaired) electrons. The van der Waals surface area contributed by atoms with Gasteiger partial charge in [0.25, 0.3) is 0 Å². The Morgan fingerprint density at radius 3 is 2.52 bits per heavy atom. The number of carbonyl (C=O) groups excluding carboxylic acids is 3. The lowest BCUT2D eigenvalue weighted by Gasteiger charge is -2.21. The van der Waals surface area contributed by atoms with Gasteiger partial charge in [-0.3, -0.25) is 9.59 Å². The summed E-state index contributed by atoms with van der Waals surface area (Å²) in [6.45, 7) is 6.81. The van der Waals surface area contributed by atoms with Crippen molar-refractivity contribution in [1.29, 1.82) is 0 Å². The van der Waals surface area contributed by atoms with Gasteiger partial charge in [-0.25, -0.2) is 4.79 Å². The average molecular weight is 405 g/mol. The van der Waals surface area contributed by atoms with Crippen LogP contribution >= 0.6 is 0 Å². The van der Waals surface area contributed by atoms with Gasteiger partial charge in [0.1, 0.15) is 12.1 Å². The van der Waals surface area contributed by atoms with Gasteiger partial charge in [-0.2, -0.15) is 0 Å². The van der Waals surface area contributed by atoms with Gasteiger partial charge in [-0.1, -0.05) is 12.1 Å². The molecule has 8 heteroatoms. The van der Waals surface area contributed by atoms with Gasteiger partial charge in [-0.05, 0) is 57.2 Å². The van der Waals surface area contributed by atoms with Crippen LogP contribution in [-0.2, 0) is 25.6 Å². The van der Waals surface area contributed by atoms with Crippen LogP contribution in [0.1, 0.15) is 45.6 Å². The fraction of sp³-hybridized carbons (Fsp3) is 0.571. The van der Waals surface area contributed by atoms with E-state index in [9.17, 15) is 14.4 Å². The Bertz CT molecular complexity index is 709. The molecule has 0 aromatic heterocycles. The number of hydrogen-bond acceptors (Lipinski definition) is 5. The monoisotopic (exact) mass is 405 g/mol. The second-order valence-corrected chi connectivity index (χ2v) is 8.14. The van der Waals surface area contributed by atoms with E-state index >= 15 is 0 Å². The molecule has 29 heavy (non-hydrogen) atoms. The van der Waals surface area contributed by atoms with Crippen molar-refractivity contribution in [3.63, 3.8) is 0 Å². The van der Waals surface area contributed by atoms with Crippen molar-refractivity contribution in [1.82, 2.24) is 10.6 Å². The van der Waals surface area contributed by atoms with E-state index in [0.29, 0.717) is 24.6 Å². The first-order valence-electron chi connectivity index (χ1n) is 9.91. The average Bonchev–Trinajstić information content (AvgIpc) is 2.64. The Morgan fingerprint density at radius 1 is 1.10 bits per heavy atom. The van der Waals surface area contributed by atoms with Crippen LogP contribution in [0.5, 0.6) is 0 Å². The Hall–Kier alpha value is -2.61. The molecule has 2 rings (SSSR count). The molecule has 1 aliphatic heterocycles. The molecule has 0 unspecified atom stereocenters. The predicted molar refractivity (Wildman–Crippen MR) is 109 cm³/mol. The van der Waals surface area contributed by atoms with E-state index in [-0.39, 0.29) is 18.4 Å². The van der Waals surface area contributed by atoms with Gasteiger partial charge >= 0.3 is 6.09 Å². The number of rotatable bonds is 7. The molecule has 0 bridgehead atoms. The van der Waals surface area contributed by atoms with Crippen molar-refractivity contribution in [2.24, 2.45) is 5.92 Å². The van der Waals surface area contributed by atoms with Gasteiger partial charge in [0.05, 0.1) is 0 Å². The molecule has 1 heterocycles. The summed E-state index contributed by atoms with van der Waals surface area (Å²) in [5.74, 6) is 0.0214. The quantitative estimate of drug-likeness (QED) is 0.647. The maximum absolute atomic E-state index is 12.2. The highest BCUT2D eigenvalue weighted by Gasteiger charge is 2.18. The smallest absolute Gasteiger partial charge is 0.408 e. The lowest BCUT2D eigenvalue weighted by atomic mass is 9.96. The molecule has 0 aliphatic carbocycles. The van der Waals surface area contributed by atoms with Gasteiger partial charge < -0.3 is 25.4 Å². The minimum absolute atomic E-state index is 0.0142. The highest BCUT2D eigenvalue weighted by Crippen LogP contribution is 2.19. The molecule has 1 fully saturated rings. The van der Waals surface area contributed by atoms with Gasteiger partial charge in [0.15, 0.2) is 0 Å². The van der Waals surface area contributed by atoms with E-state index in [1.54, 1.807) is 20.8 Å². The van der Waals surface area contributed by atoms with Gasteiger partial charge in [0, 0.05) is 31.9 Å². The minimum atomic E-state index is -0.637. The number of amides is 3. The largest absolute Gasteiger partial charge is 0.444 e. The Balaban J connectivity index is 1.73. The standard InChI is InChI=1S/C21H31N3O5/c1-21(2,3)29-20(27)23-14-19(26)22-13-16-5-4-6-17(11-16)24-18(25)12-15-7-9-28-10-8-15/h4-6,11,15H,7-10,12-14H2,1-3H3,(H,22,26)(H,23,27)(H,24,25). The maximum atomic E-state index is 12.2. The highest BCUT2D eigenvalue weighted by molar-refractivity contribution is 5.91. The second-order valence-electron chi connectivity index (χ2n) is 8.14. The van der Waals surface area contributed by atoms with Crippen molar-refractivity contribution < 1.29 is 23.9 Å². The molecule has 1 aliphatic rings. The number of carbonyl (C=O) groups is 3. The molecule has 160 valence electrons. The van der Waals surface area contributed by atoms with Crippen molar-refractivity contribution >= 4 is 23.6 Å². The number of hydrogen-bond donors (Lipinski definition) is 3. The molecule has 0 atom stereocenters. The first-order valence-corrected chi connectivity index (χ1v) is 9.91. The molecule has 0 spiro atoms. The molecule has 1 aromatic carbocycles. The van der Waals surface area contributed by atoms with E-state index < -0.39 is 11.7 Å². The molecule has 3 N–H and O–H groups in total. The van der Waals surface area contributed by atoms with Crippen LogP contribution in [-0.4, -0.2) is 43.3 Å². The van der Waals surface area contributed by atoms with Crippen LogP contribution in [0.4, 0.5) is 10.5 Å². The highest BCUT2D eigenvalue weighted by atomic mass is 16.6. The van der Waals surface area contributed by atoms with E-state index in [0.717, 1.165) is 31.6 Å². The summed E-state index contributed by atoms with van der Waals surface area (Å²) in [5.41, 5.74) is 0.927. The summed E-state index contributed by atoms with van der Waals surface area (Å²) >= 11 is 0. The molecule has 1 saturated heterocycles. The number of ether oxygens (including phenoxy) is 2. The van der Waals surface area contributed by atoms with E-state index in [4.69, 9.17) is 9.47 Å². The molecular weight excluding hydrogens is 374 g/mol. The summed E-state index contributed by atoms with van der Waals surface area (Å²) in [5, 5.41) is 8.05. The van der Waals surface area contributed by atoms with Crippen LogP contribution in [0.2, 0.25) is 0 Å². The van der Waals surface area contributed by atoms with Crippen LogP contribution in [0.3, 0.4) is 0 Å².